The smallest absolute Gasteiger partial charge is 0.225 e. The van der Waals surface area contributed by atoms with Crippen LogP contribution in [0, 0.1) is 0 Å². The molecule has 0 radical (unpaired) electrons. The van der Waals surface area contributed by atoms with Gasteiger partial charge in [0.05, 0.1) is 19.1 Å². The first-order valence-electron chi connectivity index (χ1n) is 6.98. The maximum Gasteiger partial charge on any atom is 0.225 e. The van der Waals surface area contributed by atoms with Gasteiger partial charge in [0, 0.05) is 29.2 Å². The summed E-state index contributed by atoms with van der Waals surface area (Å²) in [6, 6.07) is 4.96. The molecule has 1 fully saturated rings. The lowest BCUT2D eigenvalue weighted by molar-refractivity contribution is -0.135. The topological polar surface area (TPSA) is 49.8 Å². The summed E-state index contributed by atoms with van der Waals surface area (Å²) >= 11 is 11.8. The van der Waals surface area contributed by atoms with Gasteiger partial charge in [-0.05, 0) is 37.1 Å². The van der Waals surface area contributed by atoms with Crippen molar-refractivity contribution in [3.05, 3.63) is 33.8 Å². The number of carbonyl (C=O) groups is 1. The predicted molar refractivity (Wildman–Crippen MR) is 82.6 cm³/mol. The van der Waals surface area contributed by atoms with Crippen molar-refractivity contribution in [3.63, 3.8) is 0 Å². The van der Waals surface area contributed by atoms with E-state index in [0.717, 1.165) is 6.42 Å². The summed E-state index contributed by atoms with van der Waals surface area (Å²) in [5.74, 6) is -0.0865. The van der Waals surface area contributed by atoms with Gasteiger partial charge in [0.25, 0.3) is 0 Å². The Kier molecular flexibility index (Phi) is 5.88. The molecule has 116 valence electrons. The fourth-order valence-electron chi connectivity index (χ4n) is 2.43. The Morgan fingerprint density at radius 2 is 2.05 bits per heavy atom. The lowest BCUT2D eigenvalue weighted by atomic mass is 10.1. The second-order valence-corrected chi connectivity index (χ2v) is 6.13. The SMILES string of the molecule is CC1CCOCCN1C(=O)CC(O)c1cc(Cl)cc(Cl)c1. The fourth-order valence-corrected chi connectivity index (χ4v) is 2.98. The summed E-state index contributed by atoms with van der Waals surface area (Å²) in [6.07, 6.45) is -0.0867. The van der Waals surface area contributed by atoms with Crippen LogP contribution in [0.25, 0.3) is 0 Å². The molecule has 1 aliphatic heterocycles. The number of amides is 1. The van der Waals surface area contributed by atoms with Crippen molar-refractivity contribution < 1.29 is 14.6 Å². The van der Waals surface area contributed by atoms with Crippen molar-refractivity contribution in [2.45, 2.75) is 31.9 Å². The monoisotopic (exact) mass is 331 g/mol. The van der Waals surface area contributed by atoms with Crippen LogP contribution in [-0.4, -0.2) is 41.7 Å². The summed E-state index contributed by atoms with van der Waals surface area (Å²) in [5, 5.41) is 11.1. The highest BCUT2D eigenvalue weighted by atomic mass is 35.5. The molecule has 4 nitrogen and oxygen atoms in total. The molecule has 1 aromatic rings. The average molecular weight is 332 g/mol. The van der Waals surface area contributed by atoms with Gasteiger partial charge in [-0.2, -0.15) is 0 Å². The van der Waals surface area contributed by atoms with Crippen LogP contribution in [0.2, 0.25) is 10.0 Å². The Hall–Kier alpha value is -0.810. The predicted octanol–water partition coefficient (Wildman–Crippen LogP) is 3.05. The first-order chi connectivity index (χ1) is 9.97. The van der Waals surface area contributed by atoms with Crippen LogP contribution in [0.15, 0.2) is 18.2 Å². The third-order valence-electron chi connectivity index (χ3n) is 3.65. The molecular weight excluding hydrogens is 313 g/mol. The highest BCUT2D eigenvalue weighted by molar-refractivity contribution is 6.34. The van der Waals surface area contributed by atoms with Crippen molar-refractivity contribution in [3.8, 4) is 0 Å². The maximum absolute atomic E-state index is 12.4. The van der Waals surface area contributed by atoms with Crippen LogP contribution >= 0.6 is 23.2 Å². The first-order valence-corrected chi connectivity index (χ1v) is 7.74. The van der Waals surface area contributed by atoms with Gasteiger partial charge >= 0.3 is 0 Å². The Morgan fingerprint density at radius 3 is 2.71 bits per heavy atom. The van der Waals surface area contributed by atoms with E-state index in [1.54, 1.807) is 23.1 Å². The third-order valence-corrected chi connectivity index (χ3v) is 4.08. The number of rotatable bonds is 3. The molecule has 1 saturated heterocycles. The van der Waals surface area contributed by atoms with E-state index in [1.807, 2.05) is 6.92 Å². The Balaban J connectivity index is 2.03. The molecule has 21 heavy (non-hydrogen) atoms. The second-order valence-electron chi connectivity index (χ2n) is 5.26. The zero-order chi connectivity index (χ0) is 15.4. The molecule has 0 aliphatic carbocycles. The van der Waals surface area contributed by atoms with E-state index < -0.39 is 6.10 Å². The van der Waals surface area contributed by atoms with E-state index in [9.17, 15) is 9.90 Å². The van der Waals surface area contributed by atoms with Crippen LogP contribution < -0.4 is 0 Å². The lowest BCUT2D eigenvalue weighted by Crippen LogP contribution is -2.39. The number of ether oxygens (including phenoxy) is 1. The molecule has 0 bridgehead atoms. The van der Waals surface area contributed by atoms with Crippen LogP contribution in [0.4, 0.5) is 0 Å². The summed E-state index contributed by atoms with van der Waals surface area (Å²) in [5.41, 5.74) is 0.555. The quantitative estimate of drug-likeness (QED) is 0.926. The number of aliphatic hydroxyl groups excluding tert-OH is 1. The van der Waals surface area contributed by atoms with Crippen molar-refractivity contribution in [1.82, 2.24) is 4.90 Å². The number of hydrogen-bond acceptors (Lipinski definition) is 3. The van der Waals surface area contributed by atoms with Gasteiger partial charge in [-0.1, -0.05) is 23.2 Å². The molecule has 6 heteroatoms. The molecule has 1 aromatic carbocycles. The van der Waals surface area contributed by atoms with Crippen molar-refractivity contribution in [2.24, 2.45) is 0 Å². The van der Waals surface area contributed by atoms with E-state index in [4.69, 9.17) is 27.9 Å². The van der Waals surface area contributed by atoms with Gasteiger partial charge in [0.2, 0.25) is 5.91 Å². The molecule has 1 heterocycles. The highest BCUT2D eigenvalue weighted by Gasteiger charge is 2.24. The molecule has 1 N–H and O–H groups in total. The Labute approximate surface area is 134 Å². The zero-order valence-corrected chi connectivity index (χ0v) is 13.4. The van der Waals surface area contributed by atoms with Crippen LogP contribution in [0.1, 0.15) is 31.4 Å². The molecule has 2 unspecified atom stereocenters. The lowest BCUT2D eigenvalue weighted by Gasteiger charge is -2.27. The number of nitrogens with zero attached hydrogens (tertiary/aromatic N) is 1. The standard InChI is InChI=1S/C15H19Cl2NO3/c1-10-2-4-21-5-3-18(10)15(20)9-14(19)11-6-12(16)8-13(17)7-11/h6-8,10,14,19H,2-5,9H2,1H3. The highest BCUT2D eigenvalue weighted by Crippen LogP contribution is 2.26. The third kappa shape index (κ3) is 4.58. The maximum atomic E-state index is 12.4. The molecule has 2 rings (SSSR count). The number of hydrogen-bond donors (Lipinski definition) is 1. The summed E-state index contributed by atoms with van der Waals surface area (Å²) in [7, 11) is 0. The molecule has 0 saturated carbocycles. The number of benzene rings is 1. The van der Waals surface area contributed by atoms with E-state index >= 15 is 0 Å². The normalized spacial score (nSPS) is 21.0. The van der Waals surface area contributed by atoms with E-state index in [1.165, 1.54) is 0 Å². The summed E-state index contributed by atoms with van der Waals surface area (Å²) < 4.78 is 5.38. The molecule has 1 aliphatic rings. The number of carbonyl (C=O) groups excluding carboxylic acids is 1. The Bertz CT molecular complexity index is 489. The summed E-state index contributed by atoms with van der Waals surface area (Å²) in [4.78, 5) is 14.1. The second kappa shape index (κ2) is 7.45. The fraction of sp³-hybridized carbons (Fsp3) is 0.533. The van der Waals surface area contributed by atoms with Crippen molar-refractivity contribution >= 4 is 29.1 Å². The van der Waals surface area contributed by atoms with Gasteiger partial charge in [-0.3, -0.25) is 4.79 Å². The van der Waals surface area contributed by atoms with Gasteiger partial charge in [0.15, 0.2) is 0 Å². The van der Waals surface area contributed by atoms with Gasteiger partial charge in [-0.25, -0.2) is 0 Å². The minimum absolute atomic E-state index is 0.0149. The Morgan fingerprint density at radius 1 is 1.38 bits per heavy atom. The zero-order valence-electron chi connectivity index (χ0n) is 11.9. The largest absolute Gasteiger partial charge is 0.388 e. The van der Waals surface area contributed by atoms with Crippen LogP contribution in [0.5, 0.6) is 0 Å². The van der Waals surface area contributed by atoms with E-state index in [-0.39, 0.29) is 18.4 Å². The van der Waals surface area contributed by atoms with Gasteiger partial charge in [0.1, 0.15) is 0 Å². The van der Waals surface area contributed by atoms with Gasteiger partial charge in [-0.15, -0.1) is 0 Å². The van der Waals surface area contributed by atoms with Gasteiger partial charge < -0.3 is 14.7 Å². The number of aliphatic hydroxyl groups is 1. The minimum Gasteiger partial charge on any atom is -0.388 e. The number of halogens is 2. The first kappa shape index (κ1) is 16.6. The van der Waals surface area contributed by atoms with Crippen LogP contribution in [0.3, 0.4) is 0 Å². The molecule has 0 aromatic heterocycles. The average Bonchev–Trinajstić information content (AvgIpc) is 2.62. The molecule has 1 amide bonds. The van der Waals surface area contributed by atoms with Crippen LogP contribution in [-0.2, 0) is 9.53 Å². The molecule has 0 spiro atoms. The summed E-state index contributed by atoms with van der Waals surface area (Å²) in [6.45, 7) is 3.75. The molecule has 2 atom stereocenters. The van der Waals surface area contributed by atoms with E-state index in [2.05, 4.69) is 0 Å². The molecular formula is C15H19Cl2NO3. The van der Waals surface area contributed by atoms with Crippen molar-refractivity contribution in [2.75, 3.05) is 19.8 Å². The minimum atomic E-state index is -0.912. The van der Waals surface area contributed by atoms with E-state index in [0.29, 0.717) is 35.4 Å². The van der Waals surface area contributed by atoms with Crippen molar-refractivity contribution in [1.29, 1.82) is 0 Å².